The minimum absolute atomic E-state index is 0.295. The summed E-state index contributed by atoms with van der Waals surface area (Å²) in [6.07, 6.45) is -0.382. The van der Waals surface area contributed by atoms with E-state index in [1.807, 2.05) is 0 Å². The SMILES string of the molecule is CN(C)c1cc(F)ccc1C1(N)CC1(F)F. The van der Waals surface area contributed by atoms with Crippen LogP contribution in [0.4, 0.5) is 18.9 Å². The lowest BCUT2D eigenvalue weighted by molar-refractivity contribution is 0.0892. The zero-order chi connectivity index (χ0) is 12.1. The molecule has 2 nitrogen and oxygen atoms in total. The van der Waals surface area contributed by atoms with Gasteiger partial charge in [-0.15, -0.1) is 0 Å². The number of nitrogens with zero attached hydrogens (tertiary/aromatic N) is 1. The average Bonchev–Trinajstić information content (AvgIpc) is 2.66. The first kappa shape index (κ1) is 11.3. The van der Waals surface area contributed by atoms with Gasteiger partial charge in [0.05, 0.1) is 0 Å². The zero-order valence-corrected chi connectivity index (χ0v) is 9.10. The van der Waals surface area contributed by atoms with Crippen molar-refractivity contribution in [2.75, 3.05) is 19.0 Å². The van der Waals surface area contributed by atoms with Crippen molar-refractivity contribution < 1.29 is 13.2 Å². The van der Waals surface area contributed by atoms with Gasteiger partial charge in [0.2, 0.25) is 0 Å². The van der Waals surface area contributed by atoms with Crippen molar-refractivity contribution in [3.05, 3.63) is 29.6 Å². The van der Waals surface area contributed by atoms with Crippen molar-refractivity contribution in [3.63, 3.8) is 0 Å². The number of benzene rings is 1. The van der Waals surface area contributed by atoms with Crippen molar-refractivity contribution >= 4 is 5.69 Å². The molecule has 0 aliphatic heterocycles. The normalized spacial score (nSPS) is 26.6. The third-order valence-electron chi connectivity index (χ3n) is 2.95. The number of hydrogen-bond acceptors (Lipinski definition) is 2. The lowest BCUT2D eigenvalue weighted by Crippen LogP contribution is -2.29. The summed E-state index contributed by atoms with van der Waals surface area (Å²) in [5.41, 5.74) is 4.69. The summed E-state index contributed by atoms with van der Waals surface area (Å²) in [6.45, 7) is 0. The predicted octanol–water partition coefficient (Wildman–Crippen LogP) is 2.08. The third-order valence-corrected chi connectivity index (χ3v) is 2.95. The maximum atomic E-state index is 13.2. The van der Waals surface area contributed by atoms with Gasteiger partial charge < -0.3 is 10.6 Å². The smallest absolute Gasteiger partial charge is 0.272 e. The molecule has 1 fully saturated rings. The molecule has 0 saturated heterocycles. The molecule has 0 bridgehead atoms. The van der Waals surface area contributed by atoms with Crippen LogP contribution in [0.2, 0.25) is 0 Å². The minimum atomic E-state index is -2.89. The Morgan fingerprint density at radius 3 is 2.31 bits per heavy atom. The highest BCUT2D eigenvalue weighted by molar-refractivity contribution is 5.59. The average molecular weight is 230 g/mol. The van der Waals surface area contributed by atoms with E-state index >= 15 is 0 Å². The Morgan fingerprint density at radius 2 is 1.88 bits per heavy atom. The van der Waals surface area contributed by atoms with E-state index in [4.69, 9.17) is 5.73 Å². The van der Waals surface area contributed by atoms with E-state index in [-0.39, 0.29) is 6.42 Å². The first-order valence-corrected chi connectivity index (χ1v) is 4.92. The van der Waals surface area contributed by atoms with Gasteiger partial charge in [-0.1, -0.05) is 6.07 Å². The fraction of sp³-hybridized carbons (Fsp3) is 0.455. The fourth-order valence-corrected chi connectivity index (χ4v) is 1.85. The molecular formula is C11H13F3N2. The second kappa shape index (κ2) is 3.13. The topological polar surface area (TPSA) is 29.3 Å². The molecule has 0 aromatic heterocycles. The van der Waals surface area contributed by atoms with Gasteiger partial charge in [-0.3, -0.25) is 0 Å². The number of rotatable bonds is 2. The Hall–Kier alpha value is -1.23. The molecule has 5 heteroatoms. The van der Waals surface area contributed by atoms with Crippen LogP contribution in [-0.4, -0.2) is 20.0 Å². The molecule has 0 spiro atoms. The Morgan fingerprint density at radius 1 is 1.31 bits per heavy atom. The summed E-state index contributed by atoms with van der Waals surface area (Å²) in [7, 11) is 3.34. The predicted molar refractivity (Wildman–Crippen MR) is 56.2 cm³/mol. The molecule has 2 rings (SSSR count). The fourth-order valence-electron chi connectivity index (χ4n) is 1.85. The number of halogens is 3. The molecule has 1 aliphatic carbocycles. The van der Waals surface area contributed by atoms with Crippen LogP contribution in [-0.2, 0) is 5.54 Å². The van der Waals surface area contributed by atoms with Gasteiger partial charge in [-0.25, -0.2) is 13.2 Å². The minimum Gasteiger partial charge on any atom is -0.377 e. The standard InChI is InChI=1S/C11H13F3N2/c1-16(2)9-5-7(12)3-4-8(9)10(15)6-11(10,13)14/h3-5H,6,15H2,1-2H3. The van der Waals surface area contributed by atoms with Crippen LogP contribution in [0, 0.1) is 5.82 Å². The van der Waals surface area contributed by atoms with Gasteiger partial charge in [0.1, 0.15) is 11.4 Å². The summed E-state index contributed by atoms with van der Waals surface area (Å²) in [6, 6.07) is 3.72. The molecule has 1 aliphatic rings. The molecule has 0 heterocycles. The van der Waals surface area contributed by atoms with Crippen molar-refractivity contribution in [3.8, 4) is 0 Å². The van der Waals surface area contributed by atoms with Crippen LogP contribution in [0.25, 0.3) is 0 Å². The Labute approximate surface area is 91.8 Å². The second-order valence-electron chi connectivity index (χ2n) is 4.41. The molecular weight excluding hydrogens is 217 g/mol. The van der Waals surface area contributed by atoms with E-state index in [1.165, 1.54) is 12.1 Å². The molecule has 0 radical (unpaired) electrons. The Kier molecular flexibility index (Phi) is 2.21. The highest BCUT2D eigenvalue weighted by atomic mass is 19.3. The molecule has 1 saturated carbocycles. The van der Waals surface area contributed by atoms with Gasteiger partial charge in [-0.2, -0.15) is 0 Å². The van der Waals surface area contributed by atoms with Crippen LogP contribution >= 0.6 is 0 Å². The third kappa shape index (κ3) is 1.46. The van der Waals surface area contributed by atoms with E-state index in [9.17, 15) is 13.2 Å². The van der Waals surface area contributed by atoms with Crippen LogP contribution < -0.4 is 10.6 Å². The van der Waals surface area contributed by atoms with E-state index in [1.54, 1.807) is 19.0 Å². The molecule has 0 amide bonds. The van der Waals surface area contributed by atoms with E-state index in [2.05, 4.69) is 0 Å². The van der Waals surface area contributed by atoms with Gasteiger partial charge >= 0.3 is 0 Å². The van der Waals surface area contributed by atoms with Crippen LogP contribution in [0.3, 0.4) is 0 Å². The molecule has 1 atom stereocenters. The van der Waals surface area contributed by atoms with Crippen molar-refractivity contribution in [1.29, 1.82) is 0 Å². The van der Waals surface area contributed by atoms with Crippen LogP contribution in [0.5, 0.6) is 0 Å². The Bertz CT molecular complexity index is 431. The van der Waals surface area contributed by atoms with Gasteiger partial charge in [0.15, 0.2) is 0 Å². The van der Waals surface area contributed by atoms with Gasteiger partial charge in [0.25, 0.3) is 5.92 Å². The molecule has 1 aromatic rings. The molecule has 2 N–H and O–H groups in total. The maximum absolute atomic E-state index is 13.2. The highest BCUT2D eigenvalue weighted by Gasteiger charge is 2.70. The largest absolute Gasteiger partial charge is 0.377 e. The van der Waals surface area contributed by atoms with E-state index in [0.717, 1.165) is 6.07 Å². The van der Waals surface area contributed by atoms with Gasteiger partial charge in [0, 0.05) is 31.8 Å². The number of nitrogens with two attached hydrogens (primary N) is 1. The van der Waals surface area contributed by atoms with Crippen molar-refractivity contribution in [2.45, 2.75) is 17.9 Å². The number of alkyl halides is 2. The summed E-state index contributed by atoms with van der Waals surface area (Å²) >= 11 is 0. The summed E-state index contributed by atoms with van der Waals surface area (Å²) in [4.78, 5) is 1.58. The van der Waals surface area contributed by atoms with E-state index in [0.29, 0.717) is 11.3 Å². The molecule has 88 valence electrons. The lowest BCUT2D eigenvalue weighted by Gasteiger charge is -2.21. The van der Waals surface area contributed by atoms with Crippen LogP contribution in [0.1, 0.15) is 12.0 Å². The van der Waals surface area contributed by atoms with E-state index < -0.39 is 17.3 Å². The van der Waals surface area contributed by atoms with Crippen LogP contribution in [0.15, 0.2) is 18.2 Å². The number of hydrogen-bond donors (Lipinski definition) is 1. The Balaban J connectivity index is 2.50. The summed E-state index contributed by atoms with van der Waals surface area (Å²) < 4.78 is 39.4. The second-order valence-corrected chi connectivity index (χ2v) is 4.41. The molecule has 16 heavy (non-hydrogen) atoms. The summed E-state index contributed by atoms with van der Waals surface area (Å²) in [5.74, 6) is -3.35. The quantitative estimate of drug-likeness (QED) is 0.842. The highest BCUT2D eigenvalue weighted by Crippen LogP contribution is 2.59. The molecule has 1 aromatic carbocycles. The van der Waals surface area contributed by atoms with Gasteiger partial charge in [-0.05, 0) is 12.1 Å². The lowest BCUT2D eigenvalue weighted by atomic mass is 10.0. The molecule has 1 unspecified atom stereocenters. The number of anilines is 1. The monoisotopic (exact) mass is 230 g/mol. The first-order valence-electron chi connectivity index (χ1n) is 4.92. The summed E-state index contributed by atoms with van der Waals surface area (Å²) in [5, 5.41) is 0. The zero-order valence-electron chi connectivity index (χ0n) is 9.10. The maximum Gasteiger partial charge on any atom is 0.272 e. The first-order chi connectivity index (χ1) is 7.28. The van der Waals surface area contributed by atoms with Crippen molar-refractivity contribution in [1.82, 2.24) is 0 Å². The van der Waals surface area contributed by atoms with Crippen molar-refractivity contribution in [2.24, 2.45) is 5.73 Å².